The number of fused-ring (bicyclic) bond motifs is 3. The second-order valence-corrected chi connectivity index (χ2v) is 8.25. The summed E-state index contributed by atoms with van der Waals surface area (Å²) in [5, 5.41) is 14.1. The smallest absolute Gasteiger partial charge is 0.411 e. The molecule has 9 nitrogen and oxygen atoms in total. The number of methoxy groups -OCH3 is 2. The normalized spacial score (nSPS) is 15.4. The third-order valence-electron chi connectivity index (χ3n) is 6.05. The van der Waals surface area contributed by atoms with Crippen LogP contribution in [0.25, 0.3) is 5.70 Å². The Morgan fingerprint density at radius 1 is 0.944 bits per heavy atom. The van der Waals surface area contributed by atoms with E-state index in [0.717, 1.165) is 16.7 Å². The van der Waals surface area contributed by atoms with E-state index < -0.39 is 12.1 Å². The Hall–Kier alpha value is -4.79. The summed E-state index contributed by atoms with van der Waals surface area (Å²) in [7, 11) is 2.87. The van der Waals surface area contributed by atoms with Gasteiger partial charge in [-0.05, 0) is 53.6 Å². The molecule has 1 unspecified atom stereocenters. The average molecular weight is 482 g/mol. The Kier molecular flexibility index (Phi) is 6.03. The number of amides is 2. The van der Waals surface area contributed by atoms with Crippen molar-refractivity contribution in [2.45, 2.75) is 12.5 Å². The summed E-state index contributed by atoms with van der Waals surface area (Å²) in [6, 6.07) is 19.0. The van der Waals surface area contributed by atoms with Crippen molar-refractivity contribution < 1.29 is 23.9 Å². The Morgan fingerprint density at radius 3 is 2.39 bits per heavy atom. The highest BCUT2D eigenvalue weighted by Crippen LogP contribution is 2.49. The molecule has 9 heteroatoms. The summed E-state index contributed by atoms with van der Waals surface area (Å²) < 4.78 is 9.78. The molecule has 1 aliphatic heterocycles. The van der Waals surface area contributed by atoms with Crippen LogP contribution < -0.4 is 15.4 Å². The van der Waals surface area contributed by atoms with Crippen LogP contribution in [0, 0.1) is 0 Å². The summed E-state index contributed by atoms with van der Waals surface area (Å²) in [5.74, 6) is 0.240. The number of ketones is 1. The summed E-state index contributed by atoms with van der Waals surface area (Å²) >= 11 is 0. The second kappa shape index (κ2) is 9.46. The Labute approximate surface area is 206 Å². The van der Waals surface area contributed by atoms with Gasteiger partial charge in [-0.25, -0.2) is 4.79 Å². The highest BCUT2D eigenvalue weighted by atomic mass is 16.5. The van der Waals surface area contributed by atoms with Gasteiger partial charge in [0.15, 0.2) is 5.78 Å². The molecule has 0 bridgehead atoms. The Morgan fingerprint density at radius 2 is 1.69 bits per heavy atom. The van der Waals surface area contributed by atoms with Crippen LogP contribution in [-0.4, -0.2) is 32.0 Å². The first-order valence-electron chi connectivity index (χ1n) is 11.2. The zero-order valence-corrected chi connectivity index (χ0v) is 19.6. The maximum absolute atomic E-state index is 13.5. The SMILES string of the molecule is COC(=O)Nc1ccc(CC(=O)Nc2cccc3c2C(=O)C2=C(c4ccc(OC)cc4)N=NC23)cc1. The van der Waals surface area contributed by atoms with Crippen molar-refractivity contribution in [3.05, 3.63) is 94.6 Å². The van der Waals surface area contributed by atoms with E-state index in [4.69, 9.17) is 4.74 Å². The highest BCUT2D eigenvalue weighted by Gasteiger charge is 2.42. The van der Waals surface area contributed by atoms with Gasteiger partial charge in [0.05, 0.1) is 37.5 Å². The van der Waals surface area contributed by atoms with Crippen molar-refractivity contribution >= 4 is 34.9 Å². The number of hydrogen-bond donors (Lipinski definition) is 2. The van der Waals surface area contributed by atoms with E-state index in [1.807, 2.05) is 30.3 Å². The van der Waals surface area contributed by atoms with Gasteiger partial charge in [0.1, 0.15) is 17.5 Å². The van der Waals surface area contributed by atoms with Crippen LogP contribution >= 0.6 is 0 Å². The van der Waals surface area contributed by atoms with Gasteiger partial charge in [-0.3, -0.25) is 14.9 Å². The van der Waals surface area contributed by atoms with E-state index in [-0.39, 0.29) is 18.1 Å². The number of azo groups is 1. The molecule has 0 aromatic heterocycles. The van der Waals surface area contributed by atoms with Crippen molar-refractivity contribution in [3.8, 4) is 5.75 Å². The van der Waals surface area contributed by atoms with Gasteiger partial charge in [0.2, 0.25) is 5.91 Å². The molecule has 0 radical (unpaired) electrons. The van der Waals surface area contributed by atoms with Crippen LogP contribution in [0.5, 0.6) is 5.75 Å². The number of rotatable bonds is 6. The Balaban J connectivity index is 1.35. The first-order valence-corrected chi connectivity index (χ1v) is 11.2. The van der Waals surface area contributed by atoms with Crippen molar-refractivity contribution in [1.82, 2.24) is 0 Å². The molecule has 1 heterocycles. The zero-order valence-electron chi connectivity index (χ0n) is 19.6. The van der Waals surface area contributed by atoms with Gasteiger partial charge >= 0.3 is 6.09 Å². The van der Waals surface area contributed by atoms with Crippen LogP contribution in [-0.2, 0) is 16.0 Å². The summed E-state index contributed by atoms with van der Waals surface area (Å²) in [4.78, 5) is 37.6. The topological polar surface area (TPSA) is 118 Å². The number of ether oxygens (including phenoxy) is 2. The second-order valence-electron chi connectivity index (χ2n) is 8.25. The molecule has 1 atom stereocenters. The molecule has 0 saturated carbocycles. The predicted octanol–water partition coefficient (Wildman–Crippen LogP) is 5.17. The molecule has 180 valence electrons. The molecule has 2 amide bonds. The lowest BCUT2D eigenvalue weighted by atomic mass is 10.0. The molecule has 2 N–H and O–H groups in total. The lowest BCUT2D eigenvalue weighted by Crippen LogP contribution is -2.16. The van der Waals surface area contributed by atoms with Crippen molar-refractivity contribution in [2.24, 2.45) is 10.2 Å². The van der Waals surface area contributed by atoms with E-state index in [0.29, 0.717) is 34.0 Å². The fraction of sp³-hybridized carbons (Fsp3) is 0.148. The zero-order chi connectivity index (χ0) is 25.2. The molecule has 36 heavy (non-hydrogen) atoms. The number of benzene rings is 3. The van der Waals surface area contributed by atoms with Gasteiger partial charge in [0, 0.05) is 11.3 Å². The Bertz CT molecular complexity index is 1430. The molecule has 3 aromatic rings. The minimum atomic E-state index is -0.572. The van der Waals surface area contributed by atoms with E-state index in [2.05, 4.69) is 25.6 Å². The van der Waals surface area contributed by atoms with E-state index in [1.165, 1.54) is 7.11 Å². The van der Waals surface area contributed by atoms with Gasteiger partial charge < -0.3 is 14.8 Å². The number of Topliss-reactive ketones (excluding diaryl/α,β-unsaturated/α-hetero) is 1. The number of hydrogen-bond acceptors (Lipinski definition) is 7. The van der Waals surface area contributed by atoms with Crippen LogP contribution in [0.4, 0.5) is 16.2 Å². The lowest BCUT2D eigenvalue weighted by Gasteiger charge is -2.10. The van der Waals surface area contributed by atoms with Crippen LogP contribution in [0.1, 0.15) is 33.1 Å². The van der Waals surface area contributed by atoms with E-state index >= 15 is 0 Å². The number of carbonyl (C=O) groups excluding carboxylic acids is 3. The summed E-state index contributed by atoms with van der Waals surface area (Å²) in [5.41, 5.74) is 4.71. The molecule has 0 spiro atoms. The van der Waals surface area contributed by atoms with Gasteiger partial charge in [-0.1, -0.05) is 24.3 Å². The van der Waals surface area contributed by atoms with Crippen LogP contribution in [0.15, 0.2) is 82.5 Å². The maximum atomic E-state index is 13.5. The molecule has 0 fully saturated rings. The van der Waals surface area contributed by atoms with Crippen molar-refractivity contribution in [3.63, 3.8) is 0 Å². The first kappa shape index (κ1) is 23.0. The molecule has 1 aliphatic carbocycles. The van der Waals surface area contributed by atoms with E-state index in [1.54, 1.807) is 43.5 Å². The molecule has 2 aliphatic rings. The standard InChI is InChI=1S/C27H22N4O5/c1-35-18-12-8-16(9-13-18)24-23-25(31-30-24)19-4-3-5-20(22(19)26(23)33)29-21(32)14-15-6-10-17(11-7-15)28-27(34)36-2/h3-13,25H,14H2,1-2H3,(H,28,34)(H,29,32). The van der Waals surface area contributed by atoms with Crippen LogP contribution in [0.3, 0.4) is 0 Å². The van der Waals surface area contributed by atoms with Crippen LogP contribution in [0.2, 0.25) is 0 Å². The first-order chi connectivity index (χ1) is 17.5. The highest BCUT2D eigenvalue weighted by molar-refractivity contribution is 6.22. The van der Waals surface area contributed by atoms with Crippen molar-refractivity contribution in [2.75, 3.05) is 24.9 Å². The number of nitrogens with one attached hydrogen (secondary N) is 2. The van der Waals surface area contributed by atoms with E-state index in [9.17, 15) is 14.4 Å². The molecular weight excluding hydrogens is 460 g/mol. The largest absolute Gasteiger partial charge is 0.497 e. The average Bonchev–Trinajstić information content (AvgIpc) is 3.45. The number of nitrogens with zero attached hydrogens (tertiary/aromatic N) is 2. The summed E-state index contributed by atoms with van der Waals surface area (Å²) in [6.45, 7) is 0. The minimum Gasteiger partial charge on any atom is -0.497 e. The molecular formula is C27H22N4O5. The quantitative estimate of drug-likeness (QED) is 0.503. The van der Waals surface area contributed by atoms with Gasteiger partial charge in [-0.2, -0.15) is 10.2 Å². The fourth-order valence-electron chi connectivity index (χ4n) is 4.31. The number of anilines is 2. The van der Waals surface area contributed by atoms with Crippen molar-refractivity contribution in [1.29, 1.82) is 0 Å². The molecule has 3 aromatic carbocycles. The lowest BCUT2D eigenvalue weighted by molar-refractivity contribution is -0.115. The van der Waals surface area contributed by atoms with Gasteiger partial charge in [-0.15, -0.1) is 0 Å². The third-order valence-corrected chi connectivity index (χ3v) is 6.05. The fourth-order valence-corrected chi connectivity index (χ4v) is 4.31. The monoisotopic (exact) mass is 482 g/mol. The summed E-state index contributed by atoms with van der Waals surface area (Å²) in [6.07, 6.45) is -0.475. The maximum Gasteiger partial charge on any atom is 0.411 e. The molecule has 5 rings (SSSR count). The number of carbonyl (C=O) groups is 3. The third kappa shape index (κ3) is 4.22. The molecule has 0 saturated heterocycles. The van der Waals surface area contributed by atoms with Gasteiger partial charge in [0.25, 0.3) is 0 Å². The minimum absolute atomic E-state index is 0.0965. The predicted molar refractivity (Wildman–Crippen MR) is 133 cm³/mol.